The van der Waals surface area contributed by atoms with E-state index in [1.807, 2.05) is 49.4 Å². The molecule has 0 atom stereocenters. The van der Waals surface area contributed by atoms with Crippen LogP contribution >= 0.6 is 0 Å². The van der Waals surface area contributed by atoms with Gasteiger partial charge in [0.15, 0.2) is 5.76 Å². The van der Waals surface area contributed by atoms with E-state index in [-0.39, 0.29) is 11.7 Å². The van der Waals surface area contributed by atoms with Crippen LogP contribution in [0.15, 0.2) is 62.2 Å². The number of hydrogen-bond acceptors (Lipinski definition) is 4. The normalized spacial score (nSPS) is 15.2. The van der Waals surface area contributed by atoms with Gasteiger partial charge in [0.05, 0.1) is 5.39 Å². The second kappa shape index (κ2) is 7.03. The highest BCUT2D eigenvalue weighted by atomic mass is 16.4. The Bertz CT molecular complexity index is 1270. The van der Waals surface area contributed by atoms with Crippen molar-refractivity contribution in [2.75, 3.05) is 0 Å². The molecule has 2 aromatic carbocycles. The highest BCUT2D eigenvalue weighted by Gasteiger charge is 2.30. The summed E-state index contributed by atoms with van der Waals surface area (Å²) in [6.45, 7) is 1.89. The molecule has 4 aromatic rings. The second-order valence-electron chi connectivity index (χ2n) is 7.94. The van der Waals surface area contributed by atoms with Crippen LogP contribution in [0.5, 0.6) is 0 Å². The monoisotopic (exact) mass is 386 g/mol. The van der Waals surface area contributed by atoms with E-state index in [9.17, 15) is 9.59 Å². The Balaban J connectivity index is 1.85. The maximum absolute atomic E-state index is 13.4. The fraction of sp³-hybridized carbons (Fsp3) is 0.280. The first-order valence-corrected chi connectivity index (χ1v) is 10.2. The molecule has 0 bridgehead atoms. The van der Waals surface area contributed by atoms with E-state index in [4.69, 9.17) is 8.83 Å². The van der Waals surface area contributed by atoms with Crippen LogP contribution in [-0.2, 0) is 0 Å². The first-order chi connectivity index (χ1) is 14.1. The molecule has 4 nitrogen and oxygen atoms in total. The lowest BCUT2D eigenvalue weighted by molar-refractivity contribution is 0.0864. The van der Waals surface area contributed by atoms with Gasteiger partial charge in [-0.05, 0) is 43.0 Å². The lowest BCUT2D eigenvalue weighted by atomic mass is 9.84. The van der Waals surface area contributed by atoms with Crippen LogP contribution in [0.25, 0.3) is 33.1 Å². The average molecular weight is 386 g/mol. The van der Waals surface area contributed by atoms with Crippen LogP contribution in [0.1, 0.15) is 48.2 Å². The number of rotatable bonds is 3. The predicted molar refractivity (Wildman–Crippen MR) is 113 cm³/mol. The lowest BCUT2D eigenvalue weighted by Crippen LogP contribution is -2.17. The smallest absolute Gasteiger partial charge is 0.336 e. The van der Waals surface area contributed by atoms with Crippen LogP contribution in [0.4, 0.5) is 0 Å². The number of Topliss-reactive ketones (excluding diaryl/α,β-unsaturated/α-hetero) is 1. The summed E-state index contributed by atoms with van der Waals surface area (Å²) in [5.74, 6) is 0.435. The van der Waals surface area contributed by atoms with Crippen LogP contribution in [-0.4, -0.2) is 5.78 Å². The van der Waals surface area contributed by atoms with Crippen molar-refractivity contribution in [3.8, 4) is 11.1 Å². The third-order valence-corrected chi connectivity index (χ3v) is 6.03. The summed E-state index contributed by atoms with van der Waals surface area (Å²) in [5.41, 5.74) is 3.13. The minimum Gasteiger partial charge on any atom is -0.452 e. The molecule has 1 saturated carbocycles. The van der Waals surface area contributed by atoms with E-state index in [1.54, 1.807) is 0 Å². The number of aryl methyl sites for hydroxylation is 1. The summed E-state index contributed by atoms with van der Waals surface area (Å²) < 4.78 is 11.8. The SMILES string of the molecule is Cc1cc(=O)oc2c1ccc1oc(C(=O)C3CCCCC3)c(-c3ccccc3)c12. The Morgan fingerprint density at radius 1 is 0.966 bits per heavy atom. The van der Waals surface area contributed by atoms with Crippen molar-refractivity contribution in [1.82, 2.24) is 0 Å². The van der Waals surface area contributed by atoms with Crippen LogP contribution in [0.2, 0.25) is 0 Å². The van der Waals surface area contributed by atoms with Crippen LogP contribution in [0, 0.1) is 12.8 Å². The first-order valence-electron chi connectivity index (χ1n) is 10.2. The van der Waals surface area contributed by atoms with Gasteiger partial charge < -0.3 is 8.83 Å². The van der Waals surface area contributed by atoms with E-state index in [1.165, 1.54) is 12.5 Å². The average Bonchev–Trinajstić information content (AvgIpc) is 3.14. The van der Waals surface area contributed by atoms with Gasteiger partial charge in [0, 0.05) is 22.9 Å². The number of benzene rings is 2. The van der Waals surface area contributed by atoms with E-state index >= 15 is 0 Å². The standard InChI is InChI=1S/C25H22O4/c1-15-14-20(26)29-24-18(15)12-13-19-22(24)21(16-8-4-2-5-9-16)25(28-19)23(27)17-10-6-3-7-11-17/h2,4-5,8-9,12-14,17H,3,6-7,10-11H2,1H3. The number of carbonyl (C=O) groups is 1. The van der Waals surface area contributed by atoms with Gasteiger partial charge in [0.1, 0.15) is 11.2 Å². The molecular formula is C25H22O4. The van der Waals surface area contributed by atoms with Crippen molar-refractivity contribution in [1.29, 1.82) is 0 Å². The van der Waals surface area contributed by atoms with Crippen molar-refractivity contribution < 1.29 is 13.6 Å². The van der Waals surface area contributed by atoms with Gasteiger partial charge in [0.25, 0.3) is 0 Å². The molecule has 5 rings (SSSR count). The molecule has 1 aliphatic rings. The molecular weight excluding hydrogens is 364 g/mol. The van der Waals surface area contributed by atoms with Crippen molar-refractivity contribution in [2.45, 2.75) is 39.0 Å². The number of furan rings is 1. The Labute approximate surface area is 168 Å². The number of fused-ring (bicyclic) bond motifs is 3. The van der Waals surface area contributed by atoms with Gasteiger partial charge >= 0.3 is 5.63 Å². The van der Waals surface area contributed by atoms with Gasteiger partial charge in [0.2, 0.25) is 5.78 Å². The molecule has 2 heterocycles. The molecule has 0 saturated heterocycles. The van der Waals surface area contributed by atoms with Crippen molar-refractivity contribution in [3.63, 3.8) is 0 Å². The molecule has 0 N–H and O–H groups in total. The maximum atomic E-state index is 13.4. The third kappa shape index (κ3) is 3.00. The highest BCUT2D eigenvalue weighted by molar-refractivity contribution is 6.17. The van der Waals surface area contributed by atoms with E-state index in [0.29, 0.717) is 22.3 Å². The largest absolute Gasteiger partial charge is 0.452 e. The maximum Gasteiger partial charge on any atom is 0.336 e. The summed E-state index contributed by atoms with van der Waals surface area (Å²) in [6, 6.07) is 15.0. The topological polar surface area (TPSA) is 60.4 Å². The van der Waals surface area contributed by atoms with Crippen molar-refractivity contribution in [2.24, 2.45) is 5.92 Å². The van der Waals surface area contributed by atoms with Gasteiger partial charge in [-0.25, -0.2) is 4.79 Å². The minimum atomic E-state index is -0.400. The van der Waals surface area contributed by atoms with Gasteiger partial charge in [-0.15, -0.1) is 0 Å². The van der Waals surface area contributed by atoms with E-state index < -0.39 is 5.63 Å². The van der Waals surface area contributed by atoms with Gasteiger partial charge in [-0.3, -0.25) is 4.79 Å². The molecule has 1 fully saturated rings. The highest BCUT2D eigenvalue weighted by Crippen LogP contribution is 2.41. The molecule has 0 spiro atoms. The zero-order valence-electron chi connectivity index (χ0n) is 16.4. The van der Waals surface area contributed by atoms with Gasteiger partial charge in [-0.2, -0.15) is 0 Å². The molecule has 4 heteroatoms. The quantitative estimate of drug-likeness (QED) is 0.307. The third-order valence-electron chi connectivity index (χ3n) is 6.03. The summed E-state index contributed by atoms with van der Waals surface area (Å²) in [4.78, 5) is 25.6. The van der Waals surface area contributed by atoms with Crippen LogP contribution < -0.4 is 5.63 Å². The fourth-order valence-electron chi connectivity index (χ4n) is 4.57. The molecule has 0 unspecified atom stereocenters. The summed E-state index contributed by atoms with van der Waals surface area (Å²) >= 11 is 0. The van der Waals surface area contributed by atoms with E-state index in [2.05, 4.69) is 0 Å². The molecule has 29 heavy (non-hydrogen) atoms. The fourth-order valence-corrected chi connectivity index (χ4v) is 4.57. The Morgan fingerprint density at radius 3 is 2.48 bits per heavy atom. The number of ketones is 1. The van der Waals surface area contributed by atoms with Gasteiger partial charge in [-0.1, -0.05) is 49.6 Å². The Morgan fingerprint density at radius 2 is 1.72 bits per heavy atom. The summed E-state index contributed by atoms with van der Waals surface area (Å²) in [5, 5.41) is 1.56. The second-order valence-corrected chi connectivity index (χ2v) is 7.94. The predicted octanol–water partition coefficient (Wildman–Crippen LogP) is 6.28. The molecule has 0 aliphatic heterocycles. The number of hydrogen-bond donors (Lipinski definition) is 0. The lowest BCUT2D eigenvalue weighted by Gasteiger charge is -2.19. The molecule has 146 valence electrons. The van der Waals surface area contributed by atoms with Crippen LogP contribution in [0.3, 0.4) is 0 Å². The van der Waals surface area contributed by atoms with Crippen molar-refractivity contribution in [3.05, 3.63) is 70.3 Å². The zero-order chi connectivity index (χ0) is 20.0. The van der Waals surface area contributed by atoms with Crippen molar-refractivity contribution >= 4 is 27.7 Å². The Kier molecular flexibility index (Phi) is 4.35. The molecule has 1 aliphatic carbocycles. The zero-order valence-corrected chi connectivity index (χ0v) is 16.4. The molecule has 0 amide bonds. The summed E-state index contributed by atoms with van der Waals surface area (Å²) in [6.07, 6.45) is 5.14. The molecule has 2 aromatic heterocycles. The molecule has 0 radical (unpaired) electrons. The Hall–Kier alpha value is -3.14. The first kappa shape index (κ1) is 17.9. The number of carbonyl (C=O) groups excluding carboxylic acids is 1. The minimum absolute atomic E-state index is 0.00761. The summed E-state index contributed by atoms with van der Waals surface area (Å²) in [7, 11) is 0. The van der Waals surface area contributed by atoms with E-state index in [0.717, 1.165) is 47.8 Å².